The highest BCUT2D eigenvalue weighted by Crippen LogP contribution is 2.45. The molecule has 0 saturated heterocycles. The lowest BCUT2D eigenvalue weighted by Crippen LogP contribution is -2.30. The molecule has 0 aliphatic heterocycles. The topological polar surface area (TPSA) is 237 Å². The molecule has 0 amide bonds. The Morgan fingerprint density at radius 2 is 0.551 bits per heavy atom. The number of hydrogen-bond donors (Lipinski definition) is 3. The van der Waals surface area contributed by atoms with Gasteiger partial charge in [-0.15, -0.1) is 0 Å². The number of carbonyl (C=O) groups is 4. The van der Waals surface area contributed by atoms with Gasteiger partial charge in [-0.25, -0.2) is 9.13 Å². The molecule has 0 saturated carbocycles. The maximum atomic E-state index is 13.1. The Labute approximate surface area is 595 Å². The van der Waals surface area contributed by atoms with E-state index in [1.807, 2.05) is 18.2 Å². The van der Waals surface area contributed by atoms with Gasteiger partial charge in [0.25, 0.3) is 0 Å². The summed E-state index contributed by atoms with van der Waals surface area (Å²) in [7, 11) is -9.96. The summed E-state index contributed by atoms with van der Waals surface area (Å²) in [5.74, 6) is -2.28. The molecule has 0 aromatic carbocycles. The molecule has 0 aromatic rings. The zero-order valence-corrected chi connectivity index (χ0v) is 63.5. The smallest absolute Gasteiger partial charge is 0.462 e. The Balaban J connectivity index is 5.39. The minimum absolute atomic E-state index is 0.0349. The van der Waals surface area contributed by atoms with Crippen molar-refractivity contribution in [2.24, 2.45) is 0 Å². The average Bonchev–Trinajstić information content (AvgIpc) is 0.966. The van der Waals surface area contributed by atoms with Crippen LogP contribution in [0.5, 0.6) is 0 Å². The Bertz CT molecular complexity index is 2240. The van der Waals surface area contributed by atoms with E-state index in [1.54, 1.807) is 0 Å². The molecule has 0 rings (SSSR count). The number of aliphatic hydroxyl groups excluding tert-OH is 1. The summed E-state index contributed by atoms with van der Waals surface area (Å²) in [6.07, 6.45) is 74.1. The number of phosphoric ester groups is 2. The maximum Gasteiger partial charge on any atom is 0.472 e. The summed E-state index contributed by atoms with van der Waals surface area (Å²) in [6, 6.07) is 0. The third-order valence-electron chi connectivity index (χ3n) is 16.0. The Morgan fingerprint density at radius 3 is 0.888 bits per heavy atom. The van der Waals surface area contributed by atoms with Gasteiger partial charge >= 0.3 is 39.5 Å². The first-order chi connectivity index (χ1) is 47.7. The van der Waals surface area contributed by atoms with Gasteiger partial charge in [-0.2, -0.15) is 0 Å². The highest BCUT2D eigenvalue weighted by Gasteiger charge is 2.30. The fourth-order valence-electron chi connectivity index (χ4n) is 10.2. The molecule has 98 heavy (non-hydrogen) atoms. The number of esters is 4. The van der Waals surface area contributed by atoms with Crippen molar-refractivity contribution >= 4 is 39.5 Å². The van der Waals surface area contributed by atoms with Crippen LogP contribution in [0.25, 0.3) is 0 Å². The van der Waals surface area contributed by atoms with Crippen LogP contribution in [0.15, 0.2) is 97.2 Å². The number of hydrogen-bond acceptors (Lipinski definition) is 15. The predicted molar refractivity (Wildman–Crippen MR) is 399 cm³/mol. The lowest BCUT2D eigenvalue weighted by Gasteiger charge is -2.21. The van der Waals surface area contributed by atoms with Crippen LogP contribution < -0.4 is 0 Å². The standard InChI is InChI=1S/C79H138O17P2/c1-5-9-13-17-21-25-29-33-34-35-36-37-38-42-44-48-52-56-60-64-77(82)90-70-75(96-79(84)66-62-58-54-50-46-41-32-28-24-20-16-12-8-4)72-94-98(87,88)92-68-73(80)67-91-97(85,86)93-71-74(95-78(83)65-61-57-53-49-45-40-31-27-23-19-15-11-7-3)69-89-76(81)63-59-55-51-47-43-39-30-26-22-18-14-10-6-2/h9,13,21,25-26,28,30,32-34,36-37,42,44,52,56,73-75,80H,5-8,10-12,14-20,22-24,27,29,31,35,38-41,43,45-51,53-55,57-72H2,1-4H3,(H,85,86)(H,87,88)/b13-9-,25-21-,30-26-,32-28-,34-33-,37-36-,44-42-,56-52-/t73-,74+,75+/m0/s1. The van der Waals surface area contributed by atoms with Gasteiger partial charge in [-0.1, -0.05) is 279 Å². The Kier molecular flexibility index (Phi) is 68.4. The van der Waals surface area contributed by atoms with E-state index in [2.05, 4.69) is 107 Å². The van der Waals surface area contributed by atoms with Crippen molar-refractivity contribution in [3.63, 3.8) is 0 Å². The van der Waals surface area contributed by atoms with E-state index in [9.17, 15) is 43.2 Å². The van der Waals surface area contributed by atoms with E-state index < -0.39 is 97.5 Å². The third-order valence-corrected chi connectivity index (χ3v) is 17.9. The van der Waals surface area contributed by atoms with Gasteiger partial charge in [0, 0.05) is 25.7 Å². The molecule has 0 bridgehead atoms. The van der Waals surface area contributed by atoms with Crippen LogP contribution in [0.1, 0.15) is 323 Å². The van der Waals surface area contributed by atoms with Crippen molar-refractivity contribution in [1.29, 1.82) is 0 Å². The SMILES string of the molecule is CC/C=C\C/C=C\C/C=C\C/C=C\C/C=C\C/C=C\CCC(=O)OC[C@H](COP(=O)(O)OC[C@@H](O)COP(=O)(O)OC[C@@H](COC(=O)CCCCCCC/C=C\CCCCCC)OC(=O)CCCCCCCCCCCCCCC)OC(=O)CCCCCCC/C=C\CCCCCC. The normalized spacial score (nSPS) is 14.5. The molecular formula is C79H138O17P2. The molecule has 2 unspecified atom stereocenters. The molecule has 0 aliphatic rings. The minimum Gasteiger partial charge on any atom is -0.462 e. The van der Waals surface area contributed by atoms with Crippen molar-refractivity contribution < 1.29 is 80.2 Å². The molecule has 3 N–H and O–H groups in total. The molecule has 17 nitrogen and oxygen atoms in total. The minimum atomic E-state index is -4.99. The van der Waals surface area contributed by atoms with E-state index in [1.165, 1.54) is 103 Å². The molecule has 566 valence electrons. The summed E-state index contributed by atoms with van der Waals surface area (Å²) < 4.78 is 68.4. The lowest BCUT2D eigenvalue weighted by molar-refractivity contribution is -0.161. The van der Waals surface area contributed by atoms with Crippen LogP contribution >= 0.6 is 15.6 Å². The second-order valence-corrected chi connectivity index (χ2v) is 28.5. The first kappa shape index (κ1) is 94.0. The molecule has 0 heterocycles. The quantitative estimate of drug-likeness (QED) is 0.0169. The fourth-order valence-corrected chi connectivity index (χ4v) is 11.8. The fraction of sp³-hybridized carbons (Fsp3) is 0.747. The van der Waals surface area contributed by atoms with Crippen molar-refractivity contribution in [2.45, 2.75) is 341 Å². The van der Waals surface area contributed by atoms with Crippen LogP contribution in [0.3, 0.4) is 0 Å². The molecular weight excluding hydrogens is 1280 g/mol. The number of ether oxygens (including phenoxy) is 4. The van der Waals surface area contributed by atoms with Crippen LogP contribution in [-0.2, 0) is 65.4 Å². The third kappa shape index (κ3) is 70.4. The summed E-state index contributed by atoms with van der Waals surface area (Å²) in [6.45, 7) is 4.65. The second kappa shape index (κ2) is 71.4. The molecule has 19 heteroatoms. The zero-order valence-electron chi connectivity index (χ0n) is 61.7. The van der Waals surface area contributed by atoms with E-state index in [0.29, 0.717) is 32.1 Å². The number of allylic oxidation sites excluding steroid dienone is 16. The average molecular weight is 1420 g/mol. The first-order valence-corrected chi connectivity index (χ1v) is 41.5. The predicted octanol–water partition coefficient (Wildman–Crippen LogP) is 22.0. The van der Waals surface area contributed by atoms with E-state index in [0.717, 1.165) is 135 Å². The number of unbranched alkanes of at least 4 members (excludes halogenated alkanes) is 30. The van der Waals surface area contributed by atoms with Gasteiger partial charge in [0.05, 0.1) is 26.4 Å². The molecule has 0 aromatic heterocycles. The summed E-state index contributed by atoms with van der Waals surface area (Å²) >= 11 is 0. The molecule has 0 radical (unpaired) electrons. The molecule has 0 spiro atoms. The van der Waals surface area contributed by atoms with Gasteiger partial charge in [0.15, 0.2) is 12.2 Å². The Hall–Kier alpha value is -4.02. The Morgan fingerprint density at radius 1 is 0.296 bits per heavy atom. The first-order valence-electron chi connectivity index (χ1n) is 38.5. The van der Waals surface area contributed by atoms with Crippen LogP contribution in [0.2, 0.25) is 0 Å². The van der Waals surface area contributed by atoms with Crippen LogP contribution in [-0.4, -0.2) is 96.7 Å². The number of aliphatic hydroxyl groups is 1. The van der Waals surface area contributed by atoms with Crippen LogP contribution in [0.4, 0.5) is 0 Å². The molecule has 0 aliphatic carbocycles. The van der Waals surface area contributed by atoms with Crippen molar-refractivity contribution in [2.75, 3.05) is 39.6 Å². The number of carbonyl (C=O) groups excluding carboxylic acids is 4. The van der Waals surface area contributed by atoms with E-state index in [4.69, 9.17) is 37.0 Å². The van der Waals surface area contributed by atoms with Crippen LogP contribution in [0, 0.1) is 0 Å². The van der Waals surface area contributed by atoms with Crippen molar-refractivity contribution in [1.82, 2.24) is 0 Å². The summed E-state index contributed by atoms with van der Waals surface area (Å²) in [5.41, 5.74) is 0. The number of phosphoric acid groups is 2. The van der Waals surface area contributed by atoms with Gasteiger partial charge in [0.2, 0.25) is 0 Å². The van der Waals surface area contributed by atoms with Crippen molar-refractivity contribution in [3.05, 3.63) is 97.2 Å². The largest absolute Gasteiger partial charge is 0.472 e. The lowest BCUT2D eigenvalue weighted by atomic mass is 10.0. The van der Waals surface area contributed by atoms with Crippen molar-refractivity contribution in [3.8, 4) is 0 Å². The maximum absolute atomic E-state index is 13.1. The van der Waals surface area contributed by atoms with E-state index >= 15 is 0 Å². The summed E-state index contributed by atoms with van der Waals surface area (Å²) in [4.78, 5) is 72.8. The van der Waals surface area contributed by atoms with Gasteiger partial charge in [-0.05, 0) is 116 Å². The van der Waals surface area contributed by atoms with Gasteiger partial charge in [-0.3, -0.25) is 37.3 Å². The molecule has 5 atom stereocenters. The highest BCUT2D eigenvalue weighted by molar-refractivity contribution is 7.47. The summed E-state index contributed by atoms with van der Waals surface area (Å²) in [5, 5.41) is 10.6. The number of rotatable bonds is 72. The van der Waals surface area contributed by atoms with Gasteiger partial charge in [0.1, 0.15) is 19.3 Å². The van der Waals surface area contributed by atoms with E-state index in [-0.39, 0.29) is 25.7 Å². The highest BCUT2D eigenvalue weighted by atomic mass is 31.2. The second-order valence-electron chi connectivity index (χ2n) is 25.6. The van der Waals surface area contributed by atoms with Gasteiger partial charge < -0.3 is 33.8 Å². The zero-order chi connectivity index (χ0) is 71.8. The monoisotopic (exact) mass is 1420 g/mol. The molecule has 0 fully saturated rings.